The van der Waals surface area contributed by atoms with Crippen LogP contribution in [-0.2, 0) is 4.79 Å². The lowest BCUT2D eigenvalue weighted by molar-refractivity contribution is -0.125. The minimum Gasteiger partial charge on any atom is -0.298 e. The van der Waals surface area contributed by atoms with Gasteiger partial charge in [0.15, 0.2) is 5.78 Å². The number of Topliss-reactive ketones (excluding diaryl/α,β-unsaturated/α-hetero) is 1. The molecule has 2 unspecified atom stereocenters. The van der Waals surface area contributed by atoms with Crippen molar-refractivity contribution in [2.75, 3.05) is 0 Å². The van der Waals surface area contributed by atoms with Gasteiger partial charge in [-0.15, -0.1) is 0 Å². The minimum absolute atomic E-state index is 0.174. The zero-order chi connectivity index (χ0) is 10.8. The molecular formula is C12H19NO. The van der Waals surface area contributed by atoms with Crippen LogP contribution in [0.5, 0.6) is 0 Å². The number of nitriles is 1. The third-order valence-electron chi connectivity index (χ3n) is 3.34. The van der Waals surface area contributed by atoms with E-state index in [2.05, 4.69) is 19.9 Å². The highest BCUT2D eigenvalue weighted by molar-refractivity contribution is 5.89. The van der Waals surface area contributed by atoms with Gasteiger partial charge in [0.1, 0.15) is 5.41 Å². The van der Waals surface area contributed by atoms with Gasteiger partial charge < -0.3 is 0 Å². The van der Waals surface area contributed by atoms with Crippen molar-refractivity contribution in [3.05, 3.63) is 0 Å². The molecule has 0 radical (unpaired) electrons. The fourth-order valence-corrected chi connectivity index (χ4v) is 2.55. The first-order chi connectivity index (χ1) is 6.53. The average molecular weight is 193 g/mol. The van der Waals surface area contributed by atoms with Crippen LogP contribution in [0.2, 0.25) is 0 Å². The summed E-state index contributed by atoms with van der Waals surface area (Å²) >= 11 is 0. The monoisotopic (exact) mass is 193 g/mol. The van der Waals surface area contributed by atoms with Gasteiger partial charge in [-0.05, 0) is 31.1 Å². The van der Waals surface area contributed by atoms with Crippen LogP contribution in [0.4, 0.5) is 0 Å². The Morgan fingerprint density at radius 1 is 1.50 bits per heavy atom. The van der Waals surface area contributed by atoms with E-state index in [1.807, 2.05) is 6.92 Å². The van der Waals surface area contributed by atoms with E-state index in [-0.39, 0.29) is 11.7 Å². The number of nitrogens with zero attached hydrogens (tertiary/aromatic N) is 1. The number of rotatable bonds is 3. The van der Waals surface area contributed by atoms with Crippen molar-refractivity contribution in [3.8, 4) is 6.07 Å². The van der Waals surface area contributed by atoms with E-state index in [0.29, 0.717) is 12.3 Å². The first kappa shape index (κ1) is 11.2. The molecule has 2 heteroatoms. The summed E-state index contributed by atoms with van der Waals surface area (Å²) in [4.78, 5) is 11.7. The molecule has 0 aliphatic heterocycles. The molecule has 78 valence electrons. The Hall–Kier alpha value is -0.840. The Balaban J connectivity index is 2.80. The van der Waals surface area contributed by atoms with Crippen LogP contribution in [0.3, 0.4) is 0 Å². The van der Waals surface area contributed by atoms with Gasteiger partial charge in [-0.1, -0.05) is 20.8 Å². The van der Waals surface area contributed by atoms with Gasteiger partial charge in [-0.2, -0.15) is 5.26 Å². The number of ketones is 1. The Morgan fingerprint density at radius 3 is 2.50 bits per heavy atom. The van der Waals surface area contributed by atoms with E-state index >= 15 is 0 Å². The number of carbonyl (C=O) groups is 1. The van der Waals surface area contributed by atoms with Crippen molar-refractivity contribution in [2.45, 2.75) is 46.5 Å². The summed E-state index contributed by atoms with van der Waals surface area (Å²) in [5, 5.41) is 9.20. The average Bonchev–Trinajstić information content (AvgIpc) is 2.46. The standard InChI is InChI=1S/C12H19NO/c1-9(2)7-10(3)12(8-13)6-4-5-11(12)14/h9-10H,4-7H2,1-3H3. The summed E-state index contributed by atoms with van der Waals surface area (Å²) < 4.78 is 0. The molecule has 2 nitrogen and oxygen atoms in total. The van der Waals surface area contributed by atoms with Gasteiger partial charge in [0.05, 0.1) is 6.07 Å². The molecule has 0 amide bonds. The van der Waals surface area contributed by atoms with Crippen LogP contribution in [0.25, 0.3) is 0 Å². The minimum atomic E-state index is -0.649. The lowest BCUT2D eigenvalue weighted by Gasteiger charge is -2.27. The number of hydrogen-bond donors (Lipinski definition) is 0. The van der Waals surface area contributed by atoms with E-state index in [9.17, 15) is 10.1 Å². The van der Waals surface area contributed by atoms with Crippen molar-refractivity contribution in [1.82, 2.24) is 0 Å². The summed E-state index contributed by atoms with van der Waals surface area (Å²) in [5.74, 6) is 0.944. The number of hydrogen-bond acceptors (Lipinski definition) is 2. The van der Waals surface area contributed by atoms with E-state index in [1.165, 1.54) is 0 Å². The van der Waals surface area contributed by atoms with Crippen molar-refractivity contribution < 1.29 is 4.79 Å². The van der Waals surface area contributed by atoms with Crippen molar-refractivity contribution >= 4 is 5.78 Å². The molecule has 0 bridgehead atoms. The van der Waals surface area contributed by atoms with Crippen LogP contribution in [-0.4, -0.2) is 5.78 Å². The molecule has 14 heavy (non-hydrogen) atoms. The molecule has 0 N–H and O–H groups in total. The molecular weight excluding hydrogens is 174 g/mol. The van der Waals surface area contributed by atoms with Gasteiger partial charge in [0.25, 0.3) is 0 Å². The second kappa shape index (κ2) is 4.13. The van der Waals surface area contributed by atoms with Gasteiger partial charge >= 0.3 is 0 Å². The fraction of sp³-hybridized carbons (Fsp3) is 0.833. The van der Waals surface area contributed by atoms with Gasteiger partial charge in [0.2, 0.25) is 0 Å². The van der Waals surface area contributed by atoms with Crippen molar-refractivity contribution in [3.63, 3.8) is 0 Å². The highest BCUT2D eigenvalue weighted by Gasteiger charge is 2.46. The van der Waals surface area contributed by atoms with Crippen molar-refractivity contribution in [2.24, 2.45) is 17.3 Å². The number of carbonyl (C=O) groups excluding carboxylic acids is 1. The maximum atomic E-state index is 11.7. The molecule has 1 saturated carbocycles. The molecule has 1 fully saturated rings. The van der Waals surface area contributed by atoms with Crippen LogP contribution in [0, 0.1) is 28.6 Å². The molecule has 1 aliphatic rings. The van der Waals surface area contributed by atoms with Crippen molar-refractivity contribution in [1.29, 1.82) is 5.26 Å². The van der Waals surface area contributed by atoms with E-state index in [1.54, 1.807) is 0 Å². The maximum absolute atomic E-state index is 11.7. The largest absolute Gasteiger partial charge is 0.298 e. The zero-order valence-corrected chi connectivity index (χ0v) is 9.34. The molecule has 0 heterocycles. The first-order valence-electron chi connectivity index (χ1n) is 5.47. The molecule has 0 aromatic carbocycles. The maximum Gasteiger partial charge on any atom is 0.153 e. The van der Waals surface area contributed by atoms with Crippen LogP contribution >= 0.6 is 0 Å². The first-order valence-corrected chi connectivity index (χ1v) is 5.47. The van der Waals surface area contributed by atoms with Gasteiger partial charge in [-0.3, -0.25) is 4.79 Å². The van der Waals surface area contributed by atoms with Crippen LogP contribution in [0.15, 0.2) is 0 Å². The quantitative estimate of drug-likeness (QED) is 0.691. The summed E-state index contributed by atoms with van der Waals surface area (Å²) in [5.41, 5.74) is -0.649. The summed E-state index contributed by atoms with van der Waals surface area (Å²) in [6, 6.07) is 2.28. The van der Waals surface area contributed by atoms with Crippen LogP contribution < -0.4 is 0 Å². The fourth-order valence-electron chi connectivity index (χ4n) is 2.55. The van der Waals surface area contributed by atoms with E-state index in [4.69, 9.17) is 0 Å². The lowest BCUT2D eigenvalue weighted by atomic mass is 9.72. The SMILES string of the molecule is CC(C)CC(C)C1(C#N)CCCC1=O. The second-order valence-corrected chi connectivity index (χ2v) is 4.89. The third kappa shape index (κ3) is 1.82. The van der Waals surface area contributed by atoms with Crippen LogP contribution in [0.1, 0.15) is 46.5 Å². The predicted octanol–water partition coefficient (Wildman–Crippen LogP) is 2.93. The van der Waals surface area contributed by atoms with Gasteiger partial charge in [-0.25, -0.2) is 0 Å². The molecule has 0 saturated heterocycles. The Bertz CT molecular complexity index is 264. The normalized spacial score (nSPS) is 29.2. The summed E-state index contributed by atoms with van der Waals surface area (Å²) in [6.45, 7) is 6.33. The topological polar surface area (TPSA) is 40.9 Å². The Morgan fingerprint density at radius 2 is 2.14 bits per heavy atom. The predicted molar refractivity (Wildman–Crippen MR) is 55.5 cm³/mol. The Kier molecular flexibility index (Phi) is 3.31. The molecule has 0 aromatic rings. The highest BCUT2D eigenvalue weighted by atomic mass is 16.1. The molecule has 0 aromatic heterocycles. The molecule has 0 spiro atoms. The molecule has 1 rings (SSSR count). The van der Waals surface area contributed by atoms with E-state index < -0.39 is 5.41 Å². The van der Waals surface area contributed by atoms with Gasteiger partial charge in [0, 0.05) is 6.42 Å². The molecule has 1 aliphatic carbocycles. The molecule has 2 atom stereocenters. The Labute approximate surface area is 86.3 Å². The third-order valence-corrected chi connectivity index (χ3v) is 3.34. The lowest BCUT2D eigenvalue weighted by Crippen LogP contribution is -2.32. The zero-order valence-electron chi connectivity index (χ0n) is 9.34. The summed E-state index contributed by atoms with van der Waals surface area (Å²) in [6.07, 6.45) is 3.25. The highest BCUT2D eigenvalue weighted by Crippen LogP contribution is 2.43. The second-order valence-electron chi connectivity index (χ2n) is 4.89. The summed E-state index contributed by atoms with van der Waals surface area (Å²) in [7, 11) is 0. The van der Waals surface area contributed by atoms with E-state index in [0.717, 1.165) is 19.3 Å². The smallest absolute Gasteiger partial charge is 0.153 e.